The third-order valence-corrected chi connectivity index (χ3v) is 8.53. The molecule has 0 saturated heterocycles. The van der Waals surface area contributed by atoms with Crippen molar-refractivity contribution in [2.24, 2.45) is 0 Å². The first-order valence-corrected chi connectivity index (χ1v) is 14.4. The predicted octanol–water partition coefficient (Wildman–Crippen LogP) is 5.44. The highest BCUT2D eigenvalue weighted by atomic mass is 35.5. The summed E-state index contributed by atoms with van der Waals surface area (Å²) in [5.74, 6) is -0.948. The van der Waals surface area contributed by atoms with Gasteiger partial charge < -0.3 is 10.2 Å². The minimum absolute atomic E-state index is 0.0502. The van der Waals surface area contributed by atoms with Crippen LogP contribution in [-0.4, -0.2) is 44.3 Å². The molecule has 202 valence electrons. The summed E-state index contributed by atoms with van der Waals surface area (Å²) in [7, 11) is -4.12. The van der Waals surface area contributed by atoms with Gasteiger partial charge in [-0.15, -0.1) is 0 Å². The fraction of sp³-hybridized carbons (Fsp3) is 0.286. The van der Waals surface area contributed by atoms with E-state index in [0.29, 0.717) is 27.8 Å². The molecular weight excluding hydrogens is 545 g/mol. The highest BCUT2D eigenvalue weighted by Gasteiger charge is 2.33. The number of sulfonamides is 1. The van der Waals surface area contributed by atoms with Gasteiger partial charge in [0.05, 0.1) is 10.6 Å². The average molecular weight is 577 g/mol. The Hall–Kier alpha value is -3.07. The lowest BCUT2D eigenvalue weighted by Gasteiger charge is -2.32. The Bertz CT molecular complexity index is 1350. The van der Waals surface area contributed by atoms with Gasteiger partial charge in [-0.3, -0.25) is 13.9 Å². The van der Waals surface area contributed by atoms with E-state index in [0.717, 1.165) is 16.3 Å². The van der Waals surface area contributed by atoms with Crippen molar-refractivity contribution in [1.29, 1.82) is 0 Å². The van der Waals surface area contributed by atoms with Gasteiger partial charge in [0.1, 0.15) is 12.6 Å². The molecule has 3 aromatic rings. The first-order chi connectivity index (χ1) is 18.1. The van der Waals surface area contributed by atoms with Crippen LogP contribution in [-0.2, 0) is 26.2 Å². The van der Waals surface area contributed by atoms with Gasteiger partial charge in [0.15, 0.2) is 0 Å². The second-order valence-corrected chi connectivity index (χ2v) is 11.5. The molecule has 3 aromatic carbocycles. The topological polar surface area (TPSA) is 86.8 Å². The van der Waals surface area contributed by atoms with E-state index in [1.54, 1.807) is 67.6 Å². The molecule has 0 saturated carbocycles. The van der Waals surface area contributed by atoms with Crippen LogP contribution >= 0.6 is 23.2 Å². The summed E-state index contributed by atoms with van der Waals surface area (Å²) in [4.78, 5) is 28.1. The van der Waals surface area contributed by atoms with Gasteiger partial charge in [-0.05, 0) is 56.7 Å². The zero-order valence-corrected chi connectivity index (χ0v) is 23.9. The summed E-state index contributed by atoms with van der Waals surface area (Å²) in [6.45, 7) is 5.20. The maximum absolute atomic E-state index is 13.9. The molecule has 0 aliphatic heterocycles. The van der Waals surface area contributed by atoms with Crippen molar-refractivity contribution in [3.63, 3.8) is 0 Å². The van der Waals surface area contributed by atoms with Crippen LogP contribution in [0.4, 0.5) is 5.69 Å². The van der Waals surface area contributed by atoms with Crippen molar-refractivity contribution in [3.05, 3.63) is 94.0 Å². The number of carbonyl (C=O) groups is 2. The molecule has 2 amide bonds. The number of benzene rings is 3. The smallest absolute Gasteiger partial charge is 0.264 e. The Morgan fingerprint density at radius 3 is 2.11 bits per heavy atom. The van der Waals surface area contributed by atoms with Crippen molar-refractivity contribution in [2.75, 3.05) is 17.4 Å². The number of halogens is 2. The molecule has 1 N–H and O–H groups in total. The molecular formula is C28H31Cl2N3O4S. The third-order valence-electron chi connectivity index (χ3n) is 6.04. The molecule has 0 radical (unpaired) electrons. The lowest BCUT2D eigenvalue weighted by molar-refractivity contribution is -0.139. The van der Waals surface area contributed by atoms with Gasteiger partial charge in [-0.2, -0.15) is 0 Å². The second kappa shape index (κ2) is 13.1. The summed E-state index contributed by atoms with van der Waals surface area (Å²) in [6.07, 6.45) is 0.722. The van der Waals surface area contributed by atoms with E-state index in [4.69, 9.17) is 23.2 Å². The van der Waals surface area contributed by atoms with E-state index in [-0.39, 0.29) is 17.3 Å². The lowest BCUT2D eigenvalue weighted by atomic mass is 10.1. The van der Waals surface area contributed by atoms with Crippen LogP contribution in [0.3, 0.4) is 0 Å². The number of para-hydroxylation sites is 1. The summed E-state index contributed by atoms with van der Waals surface area (Å²) in [5, 5.41) is 3.47. The standard InChI is InChI=1S/C28H31Cl2N3O4S/c1-4-17-31-28(35)21(3)32(18-24-25(29)11-8-12-26(24)30)27(34)19-33(22-9-6-5-7-10-22)38(36,37)23-15-13-20(2)14-16-23/h5-16,21H,4,17-19H2,1-3H3,(H,31,35). The molecule has 0 fully saturated rings. The van der Waals surface area contributed by atoms with Crippen LogP contribution in [0.2, 0.25) is 10.0 Å². The first kappa shape index (κ1) is 29.5. The van der Waals surface area contributed by atoms with Crippen LogP contribution in [0.15, 0.2) is 77.7 Å². The largest absolute Gasteiger partial charge is 0.354 e. The van der Waals surface area contributed by atoms with Crippen molar-refractivity contribution >= 4 is 50.7 Å². The zero-order valence-electron chi connectivity index (χ0n) is 21.5. The van der Waals surface area contributed by atoms with E-state index in [9.17, 15) is 18.0 Å². The Labute approximate surface area is 234 Å². The van der Waals surface area contributed by atoms with Crippen molar-refractivity contribution in [1.82, 2.24) is 10.2 Å². The molecule has 10 heteroatoms. The Morgan fingerprint density at radius 1 is 0.921 bits per heavy atom. The highest BCUT2D eigenvalue weighted by molar-refractivity contribution is 7.92. The quantitative estimate of drug-likeness (QED) is 0.330. The van der Waals surface area contributed by atoms with Crippen molar-refractivity contribution in [3.8, 4) is 0 Å². The number of nitrogens with zero attached hydrogens (tertiary/aromatic N) is 2. The molecule has 7 nitrogen and oxygen atoms in total. The Kier molecular flexibility index (Phi) is 10.2. The number of nitrogens with one attached hydrogen (secondary N) is 1. The lowest BCUT2D eigenvalue weighted by Crippen LogP contribution is -2.51. The summed E-state index contributed by atoms with van der Waals surface area (Å²) >= 11 is 12.8. The molecule has 0 aliphatic carbocycles. The van der Waals surface area contributed by atoms with Crippen LogP contribution < -0.4 is 9.62 Å². The molecule has 0 spiro atoms. The van der Waals surface area contributed by atoms with Gasteiger partial charge in [-0.1, -0.05) is 72.1 Å². The molecule has 0 heterocycles. The monoisotopic (exact) mass is 575 g/mol. The fourth-order valence-corrected chi connectivity index (χ4v) is 5.72. The van der Waals surface area contributed by atoms with Gasteiger partial charge in [0.25, 0.3) is 10.0 Å². The van der Waals surface area contributed by atoms with Crippen LogP contribution in [0.5, 0.6) is 0 Å². The van der Waals surface area contributed by atoms with E-state index in [2.05, 4.69) is 5.32 Å². The van der Waals surface area contributed by atoms with E-state index in [1.165, 1.54) is 17.0 Å². The second-order valence-electron chi connectivity index (χ2n) is 8.85. The first-order valence-electron chi connectivity index (χ1n) is 12.2. The van der Waals surface area contributed by atoms with Crippen LogP contribution in [0.1, 0.15) is 31.4 Å². The van der Waals surface area contributed by atoms with Gasteiger partial charge >= 0.3 is 0 Å². The summed E-state index contributed by atoms with van der Waals surface area (Å²) in [6, 6.07) is 18.8. The minimum Gasteiger partial charge on any atom is -0.354 e. The minimum atomic E-state index is -4.12. The normalized spacial score (nSPS) is 12.0. The maximum atomic E-state index is 13.9. The molecule has 38 heavy (non-hydrogen) atoms. The molecule has 1 atom stereocenters. The number of rotatable bonds is 11. The molecule has 0 bridgehead atoms. The molecule has 0 aromatic heterocycles. The number of carbonyl (C=O) groups excluding carboxylic acids is 2. The molecule has 0 aliphatic rings. The number of hydrogen-bond acceptors (Lipinski definition) is 4. The average Bonchev–Trinajstić information content (AvgIpc) is 2.90. The Morgan fingerprint density at radius 2 is 1.53 bits per heavy atom. The van der Waals surface area contributed by atoms with E-state index in [1.807, 2.05) is 13.8 Å². The zero-order chi connectivity index (χ0) is 27.9. The maximum Gasteiger partial charge on any atom is 0.264 e. The third kappa shape index (κ3) is 7.07. The van der Waals surface area contributed by atoms with Gasteiger partial charge in [-0.25, -0.2) is 8.42 Å². The van der Waals surface area contributed by atoms with E-state index < -0.39 is 28.5 Å². The Balaban J connectivity index is 2.03. The number of aryl methyl sites for hydroxylation is 1. The number of amides is 2. The SMILES string of the molecule is CCCNC(=O)C(C)N(Cc1c(Cl)cccc1Cl)C(=O)CN(c1ccccc1)S(=O)(=O)c1ccc(C)cc1. The van der Waals surface area contributed by atoms with Crippen molar-refractivity contribution in [2.45, 2.75) is 44.7 Å². The van der Waals surface area contributed by atoms with Gasteiger partial charge in [0, 0.05) is 28.7 Å². The van der Waals surface area contributed by atoms with Crippen molar-refractivity contribution < 1.29 is 18.0 Å². The van der Waals surface area contributed by atoms with E-state index >= 15 is 0 Å². The number of anilines is 1. The number of hydrogen-bond donors (Lipinski definition) is 1. The summed E-state index contributed by atoms with van der Waals surface area (Å²) in [5.41, 5.74) is 1.69. The van der Waals surface area contributed by atoms with Crippen LogP contribution in [0, 0.1) is 6.92 Å². The van der Waals surface area contributed by atoms with Gasteiger partial charge in [0.2, 0.25) is 11.8 Å². The summed E-state index contributed by atoms with van der Waals surface area (Å²) < 4.78 is 28.5. The van der Waals surface area contributed by atoms with Crippen LogP contribution in [0.25, 0.3) is 0 Å². The molecule has 1 unspecified atom stereocenters. The highest BCUT2D eigenvalue weighted by Crippen LogP contribution is 2.28. The predicted molar refractivity (Wildman–Crippen MR) is 152 cm³/mol. The molecule has 3 rings (SSSR count). The fourth-order valence-electron chi connectivity index (χ4n) is 3.79.